The number of rotatable bonds is 7. The summed E-state index contributed by atoms with van der Waals surface area (Å²) in [5, 5.41) is 4.89. The fourth-order valence-corrected chi connectivity index (χ4v) is 5.29. The average Bonchev–Trinajstić information content (AvgIpc) is 3.42. The molecule has 4 aromatic rings. The van der Waals surface area contributed by atoms with Crippen molar-refractivity contribution in [2.75, 3.05) is 0 Å². The lowest BCUT2D eigenvalue weighted by Crippen LogP contribution is -2.27. The Morgan fingerprint density at radius 1 is 1.00 bits per heavy atom. The van der Waals surface area contributed by atoms with Crippen molar-refractivity contribution < 1.29 is 9.53 Å². The molecular formula is C30H27N3O2S2. The molecule has 0 radical (unpaired) electrons. The number of nitrogens with zero attached hydrogens (tertiary/aromatic N) is 3. The van der Waals surface area contributed by atoms with Crippen molar-refractivity contribution in [2.24, 2.45) is 0 Å². The molecule has 37 heavy (non-hydrogen) atoms. The number of thiocarbonyl (C=S) groups is 1. The fraction of sp³-hybridized carbons (Fsp3) is 0.167. The number of ether oxygens (including phenoxy) is 1. The van der Waals surface area contributed by atoms with Gasteiger partial charge in [0.2, 0.25) is 0 Å². The molecule has 7 heteroatoms. The third-order valence-corrected chi connectivity index (χ3v) is 7.26. The Kier molecular flexibility index (Phi) is 7.26. The number of carbonyl (C=O) groups excluding carboxylic acids is 1. The summed E-state index contributed by atoms with van der Waals surface area (Å²) in [5.74, 6) is 0.717. The molecular weight excluding hydrogens is 498 g/mol. The van der Waals surface area contributed by atoms with Crippen LogP contribution in [-0.4, -0.2) is 31.0 Å². The van der Waals surface area contributed by atoms with E-state index < -0.39 is 0 Å². The maximum absolute atomic E-state index is 13.4. The summed E-state index contributed by atoms with van der Waals surface area (Å²) in [6.45, 7) is 6.51. The monoisotopic (exact) mass is 525 g/mol. The first-order chi connectivity index (χ1) is 17.9. The van der Waals surface area contributed by atoms with Crippen LogP contribution in [0.1, 0.15) is 30.5 Å². The van der Waals surface area contributed by atoms with Crippen LogP contribution in [-0.2, 0) is 11.3 Å². The van der Waals surface area contributed by atoms with E-state index in [-0.39, 0.29) is 12.0 Å². The van der Waals surface area contributed by atoms with Crippen LogP contribution in [0.4, 0.5) is 0 Å². The van der Waals surface area contributed by atoms with E-state index in [1.54, 1.807) is 4.90 Å². The Morgan fingerprint density at radius 2 is 1.70 bits per heavy atom. The molecule has 1 amide bonds. The zero-order chi connectivity index (χ0) is 25.9. The smallest absolute Gasteiger partial charge is 0.266 e. The molecule has 1 aliphatic rings. The van der Waals surface area contributed by atoms with Crippen LogP contribution in [0.25, 0.3) is 23.0 Å². The summed E-state index contributed by atoms with van der Waals surface area (Å²) < 4.78 is 8.20. The van der Waals surface area contributed by atoms with Crippen LogP contribution >= 0.6 is 24.0 Å². The van der Waals surface area contributed by atoms with Crippen molar-refractivity contribution >= 4 is 40.3 Å². The number of amides is 1. The number of hydrogen-bond acceptors (Lipinski definition) is 5. The van der Waals surface area contributed by atoms with E-state index in [1.165, 1.54) is 17.3 Å². The van der Waals surface area contributed by atoms with Gasteiger partial charge >= 0.3 is 0 Å². The molecule has 0 saturated carbocycles. The highest BCUT2D eigenvalue weighted by Gasteiger charge is 2.32. The molecule has 0 bridgehead atoms. The number of thioether (sulfide) groups is 1. The number of aromatic nitrogens is 2. The number of aryl methyl sites for hydroxylation is 1. The summed E-state index contributed by atoms with van der Waals surface area (Å²) in [6.07, 6.45) is 3.95. The molecule has 5 nitrogen and oxygen atoms in total. The van der Waals surface area contributed by atoms with Crippen LogP contribution in [0, 0.1) is 6.92 Å². The number of para-hydroxylation sites is 1. The number of hydrogen-bond donors (Lipinski definition) is 0. The maximum Gasteiger partial charge on any atom is 0.266 e. The van der Waals surface area contributed by atoms with Gasteiger partial charge in [0.25, 0.3) is 5.91 Å². The van der Waals surface area contributed by atoms with Gasteiger partial charge in [-0.1, -0.05) is 72.0 Å². The normalized spacial score (nSPS) is 14.7. The SMILES string of the molecule is Cc1ccc(CN2C(=O)/C(=C/c3cn(-c4ccccc4)nc3-c3ccc(OC(C)C)cc3)SC2=S)cc1. The molecule has 1 saturated heterocycles. The first-order valence-electron chi connectivity index (χ1n) is 12.1. The highest BCUT2D eigenvalue weighted by molar-refractivity contribution is 8.26. The van der Waals surface area contributed by atoms with Gasteiger partial charge in [0, 0.05) is 17.3 Å². The van der Waals surface area contributed by atoms with E-state index in [4.69, 9.17) is 22.1 Å². The van der Waals surface area contributed by atoms with Crippen molar-refractivity contribution in [1.29, 1.82) is 0 Å². The van der Waals surface area contributed by atoms with Gasteiger partial charge in [-0.25, -0.2) is 4.68 Å². The topological polar surface area (TPSA) is 47.4 Å². The standard InChI is InChI=1S/C30H27N3O2S2/c1-20(2)35-26-15-13-23(14-16-26)28-24(19-33(31-28)25-7-5-4-6-8-25)17-27-29(34)32(30(36)37-27)18-22-11-9-21(3)10-12-22/h4-17,19-20H,18H2,1-3H3/b27-17-. The molecule has 0 unspecified atom stereocenters. The summed E-state index contributed by atoms with van der Waals surface area (Å²) >= 11 is 6.91. The lowest BCUT2D eigenvalue weighted by Gasteiger charge is -2.14. The molecule has 0 atom stereocenters. The van der Waals surface area contributed by atoms with Crippen molar-refractivity contribution in [3.05, 3.63) is 107 Å². The van der Waals surface area contributed by atoms with Crippen molar-refractivity contribution in [1.82, 2.24) is 14.7 Å². The molecule has 1 aliphatic heterocycles. The number of benzene rings is 3. The molecule has 1 aromatic heterocycles. The summed E-state index contributed by atoms with van der Waals surface area (Å²) in [4.78, 5) is 15.6. The second kappa shape index (κ2) is 10.7. The van der Waals surface area contributed by atoms with E-state index in [9.17, 15) is 4.79 Å². The number of carbonyl (C=O) groups is 1. The molecule has 186 valence electrons. The van der Waals surface area contributed by atoms with Gasteiger partial charge in [0.05, 0.1) is 28.9 Å². The minimum absolute atomic E-state index is 0.0883. The first kappa shape index (κ1) is 25.0. The van der Waals surface area contributed by atoms with Gasteiger partial charge in [-0.3, -0.25) is 9.69 Å². The second-order valence-corrected chi connectivity index (χ2v) is 10.8. The zero-order valence-corrected chi connectivity index (χ0v) is 22.6. The van der Waals surface area contributed by atoms with Gasteiger partial charge in [-0.2, -0.15) is 5.10 Å². The average molecular weight is 526 g/mol. The highest BCUT2D eigenvalue weighted by Crippen LogP contribution is 2.36. The summed E-state index contributed by atoms with van der Waals surface area (Å²) in [5.41, 5.74) is 5.73. The predicted octanol–water partition coefficient (Wildman–Crippen LogP) is 7.04. The van der Waals surface area contributed by atoms with Crippen LogP contribution in [0.15, 0.2) is 90.0 Å². The van der Waals surface area contributed by atoms with Crippen LogP contribution in [0.5, 0.6) is 5.75 Å². The van der Waals surface area contributed by atoms with Gasteiger partial charge in [-0.15, -0.1) is 0 Å². The minimum atomic E-state index is -0.0883. The lowest BCUT2D eigenvalue weighted by atomic mass is 10.1. The summed E-state index contributed by atoms with van der Waals surface area (Å²) in [6, 6.07) is 26.0. The predicted molar refractivity (Wildman–Crippen MR) is 155 cm³/mol. The summed E-state index contributed by atoms with van der Waals surface area (Å²) in [7, 11) is 0. The lowest BCUT2D eigenvalue weighted by molar-refractivity contribution is -0.122. The van der Waals surface area contributed by atoms with Crippen molar-refractivity contribution in [2.45, 2.75) is 33.4 Å². The molecule has 0 aliphatic carbocycles. The van der Waals surface area contributed by atoms with E-state index >= 15 is 0 Å². The molecule has 2 heterocycles. The van der Waals surface area contributed by atoms with Crippen LogP contribution in [0.3, 0.4) is 0 Å². The Morgan fingerprint density at radius 3 is 2.38 bits per heavy atom. The Bertz CT molecular complexity index is 1460. The van der Waals surface area contributed by atoms with Gasteiger partial charge < -0.3 is 4.74 Å². The van der Waals surface area contributed by atoms with Crippen molar-refractivity contribution in [3.63, 3.8) is 0 Å². The molecule has 0 N–H and O–H groups in total. The Labute approximate surface area is 226 Å². The van der Waals surface area contributed by atoms with E-state index in [0.717, 1.165) is 33.8 Å². The highest BCUT2D eigenvalue weighted by atomic mass is 32.2. The van der Waals surface area contributed by atoms with Gasteiger partial charge in [-0.05, 0) is 68.8 Å². The molecule has 3 aromatic carbocycles. The molecule has 1 fully saturated rings. The van der Waals surface area contributed by atoms with Crippen LogP contribution in [0.2, 0.25) is 0 Å². The van der Waals surface area contributed by atoms with E-state index in [0.29, 0.717) is 15.8 Å². The third kappa shape index (κ3) is 5.68. The quantitative estimate of drug-likeness (QED) is 0.191. The third-order valence-electron chi connectivity index (χ3n) is 5.88. The zero-order valence-electron chi connectivity index (χ0n) is 20.9. The van der Waals surface area contributed by atoms with E-state index in [2.05, 4.69) is 0 Å². The van der Waals surface area contributed by atoms with E-state index in [1.807, 2.05) is 117 Å². The van der Waals surface area contributed by atoms with Gasteiger partial charge in [0.1, 0.15) is 10.1 Å². The molecule has 5 rings (SSSR count). The van der Waals surface area contributed by atoms with Gasteiger partial charge in [0.15, 0.2) is 0 Å². The fourth-order valence-electron chi connectivity index (χ4n) is 4.05. The molecule has 0 spiro atoms. The second-order valence-electron chi connectivity index (χ2n) is 9.16. The first-order valence-corrected chi connectivity index (χ1v) is 13.3. The van der Waals surface area contributed by atoms with Crippen molar-refractivity contribution in [3.8, 4) is 22.7 Å². The maximum atomic E-state index is 13.4. The Balaban J connectivity index is 1.49. The van der Waals surface area contributed by atoms with Crippen LogP contribution < -0.4 is 4.74 Å². The minimum Gasteiger partial charge on any atom is -0.491 e. The largest absolute Gasteiger partial charge is 0.491 e. The Hall–Kier alpha value is -3.68.